The van der Waals surface area contributed by atoms with Gasteiger partial charge in [0.15, 0.2) is 0 Å². The Bertz CT molecular complexity index is 551. The number of carbonyl (C=O) groups excluding carboxylic acids is 3. The summed E-state index contributed by atoms with van der Waals surface area (Å²) >= 11 is 0. The van der Waals surface area contributed by atoms with E-state index in [4.69, 9.17) is 33.2 Å². The van der Waals surface area contributed by atoms with Crippen LogP contribution in [0.4, 0.5) is 0 Å². The fourth-order valence-corrected chi connectivity index (χ4v) is 2.50. The second-order valence-corrected chi connectivity index (χ2v) is 6.81. The number of esters is 1. The number of ether oxygens (including phenoxy) is 7. The Balaban J connectivity index is 1.69. The van der Waals surface area contributed by atoms with Gasteiger partial charge in [-0.3, -0.25) is 19.3 Å². The van der Waals surface area contributed by atoms with Crippen LogP contribution in [0.3, 0.4) is 0 Å². The molecule has 1 rings (SSSR count). The predicted octanol–water partition coefficient (Wildman–Crippen LogP) is 0.354. The third-order valence-corrected chi connectivity index (χ3v) is 4.16. The smallest absolute Gasteiger partial charge is 0.305 e. The van der Waals surface area contributed by atoms with Gasteiger partial charge in [-0.25, -0.2) is 0 Å². The lowest BCUT2D eigenvalue weighted by Crippen LogP contribution is -2.33. The first-order chi connectivity index (χ1) is 16.1. The van der Waals surface area contributed by atoms with Crippen LogP contribution < -0.4 is 0 Å². The van der Waals surface area contributed by atoms with Gasteiger partial charge < -0.3 is 33.2 Å². The number of amides is 2. The minimum absolute atomic E-state index is 0.196. The summed E-state index contributed by atoms with van der Waals surface area (Å²) in [6.07, 6.45) is 3.72. The minimum atomic E-state index is -0.307. The van der Waals surface area contributed by atoms with Gasteiger partial charge in [0.1, 0.15) is 6.61 Å². The van der Waals surface area contributed by atoms with Crippen LogP contribution in [-0.2, 0) is 47.5 Å². The third kappa shape index (κ3) is 16.4. The van der Waals surface area contributed by atoms with Crippen molar-refractivity contribution in [2.24, 2.45) is 0 Å². The van der Waals surface area contributed by atoms with Crippen molar-refractivity contribution in [3.63, 3.8) is 0 Å². The van der Waals surface area contributed by atoms with Crippen LogP contribution in [-0.4, -0.2) is 115 Å². The van der Waals surface area contributed by atoms with Gasteiger partial charge in [-0.15, -0.1) is 0 Å². The van der Waals surface area contributed by atoms with E-state index in [1.54, 1.807) is 0 Å². The van der Waals surface area contributed by atoms with E-state index < -0.39 is 0 Å². The molecule has 1 heterocycles. The first-order valence-corrected chi connectivity index (χ1v) is 11.3. The standard InChI is InChI=1S/C22H37NO10/c1-2-3-22(26)33-19-18-32-17-16-31-15-14-30-13-12-29-11-10-28-9-8-27-7-6-23-20(24)4-5-21(23)25/h4-5H,2-3,6-19H2,1H3. The van der Waals surface area contributed by atoms with Gasteiger partial charge in [-0.05, 0) is 6.42 Å². The highest BCUT2D eigenvalue weighted by Gasteiger charge is 2.22. The highest BCUT2D eigenvalue weighted by atomic mass is 16.6. The quantitative estimate of drug-likeness (QED) is 0.116. The van der Waals surface area contributed by atoms with Gasteiger partial charge in [0.2, 0.25) is 0 Å². The number of rotatable bonds is 23. The van der Waals surface area contributed by atoms with Gasteiger partial charge in [-0.2, -0.15) is 0 Å². The average molecular weight is 476 g/mol. The molecule has 0 N–H and O–H groups in total. The van der Waals surface area contributed by atoms with E-state index >= 15 is 0 Å². The molecule has 0 aromatic heterocycles. The lowest BCUT2D eigenvalue weighted by Gasteiger charge is -2.13. The molecule has 0 fully saturated rings. The van der Waals surface area contributed by atoms with Gasteiger partial charge in [0.25, 0.3) is 11.8 Å². The Morgan fingerprint density at radius 2 is 1.00 bits per heavy atom. The second kappa shape index (κ2) is 20.7. The first kappa shape index (κ1) is 29.1. The minimum Gasteiger partial charge on any atom is -0.463 e. The van der Waals surface area contributed by atoms with Crippen LogP contribution in [0.25, 0.3) is 0 Å². The molecule has 11 heteroatoms. The molecule has 0 saturated carbocycles. The topological polar surface area (TPSA) is 119 Å². The summed E-state index contributed by atoms with van der Waals surface area (Å²) in [5.74, 6) is -0.810. The number of hydrogen-bond acceptors (Lipinski definition) is 10. The maximum absolute atomic E-state index is 11.3. The summed E-state index contributed by atoms with van der Waals surface area (Å²) < 4.78 is 37.1. The normalized spacial score (nSPS) is 13.3. The van der Waals surface area contributed by atoms with Crippen molar-refractivity contribution in [1.29, 1.82) is 0 Å². The summed E-state index contributed by atoms with van der Waals surface area (Å²) in [6, 6.07) is 0. The lowest BCUT2D eigenvalue weighted by molar-refractivity contribution is -0.145. The second-order valence-electron chi connectivity index (χ2n) is 6.81. The fourth-order valence-electron chi connectivity index (χ4n) is 2.50. The van der Waals surface area contributed by atoms with Gasteiger partial charge in [0, 0.05) is 18.6 Å². The molecule has 0 saturated heterocycles. The third-order valence-electron chi connectivity index (χ3n) is 4.16. The molecule has 2 amide bonds. The van der Waals surface area contributed by atoms with E-state index in [9.17, 15) is 14.4 Å². The highest BCUT2D eigenvalue weighted by Crippen LogP contribution is 2.02. The maximum atomic E-state index is 11.3. The Labute approximate surface area is 195 Å². The molecule has 1 aliphatic heterocycles. The molecular weight excluding hydrogens is 438 g/mol. The van der Waals surface area contributed by atoms with Crippen molar-refractivity contribution in [2.75, 3.05) is 92.4 Å². The summed E-state index contributed by atoms with van der Waals surface area (Å²) in [5.41, 5.74) is 0. The Morgan fingerprint density at radius 3 is 1.39 bits per heavy atom. The van der Waals surface area contributed by atoms with Crippen molar-refractivity contribution in [3.8, 4) is 0 Å². The monoisotopic (exact) mass is 475 g/mol. The first-order valence-electron chi connectivity index (χ1n) is 11.3. The van der Waals surface area contributed by atoms with Crippen molar-refractivity contribution < 1.29 is 47.5 Å². The maximum Gasteiger partial charge on any atom is 0.305 e. The number of hydrogen-bond donors (Lipinski definition) is 0. The molecule has 0 unspecified atom stereocenters. The van der Waals surface area contributed by atoms with Gasteiger partial charge >= 0.3 is 5.97 Å². The van der Waals surface area contributed by atoms with Crippen molar-refractivity contribution in [1.82, 2.24) is 4.90 Å². The molecule has 0 aliphatic carbocycles. The van der Waals surface area contributed by atoms with Crippen LogP contribution in [0, 0.1) is 0 Å². The number of carbonyl (C=O) groups is 3. The van der Waals surface area contributed by atoms with E-state index in [1.165, 1.54) is 12.2 Å². The van der Waals surface area contributed by atoms with E-state index in [-0.39, 0.29) is 37.5 Å². The molecule has 0 bridgehead atoms. The molecule has 0 atom stereocenters. The zero-order valence-electron chi connectivity index (χ0n) is 19.5. The van der Waals surface area contributed by atoms with E-state index in [0.29, 0.717) is 79.1 Å². The zero-order valence-corrected chi connectivity index (χ0v) is 19.5. The Morgan fingerprint density at radius 1 is 0.636 bits per heavy atom. The molecular formula is C22H37NO10. The van der Waals surface area contributed by atoms with Crippen molar-refractivity contribution in [2.45, 2.75) is 19.8 Å². The predicted molar refractivity (Wildman–Crippen MR) is 117 cm³/mol. The summed E-state index contributed by atoms with van der Waals surface area (Å²) in [4.78, 5) is 34.9. The Hall–Kier alpha value is -1.89. The zero-order chi connectivity index (χ0) is 24.0. The molecule has 33 heavy (non-hydrogen) atoms. The van der Waals surface area contributed by atoms with E-state index in [0.717, 1.165) is 11.3 Å². The Kier molecular flexibility index (Phi) is 18.3. The summed E-state index contributed by atoms with van der Waals surface area (Å²) in [5, 5.41) is 0. The van der Waals surface area contributed by atoms with E-state index in [2.05, 4.69) is 0 Å². The number of nitrogens with zero attached hydrogens (tertiary/aromatic N) is 1. The molecule has 11 nitrogen and oxygen atoms in total. The van der Waals surface area contributed by atoms with Crippen molar-refractivity contribution in [3.05, 3.63) is 12.2 Å². The van der Waals surface area contributed by atoms with Crippen LogP contribution >= 0.6 is 0 Å². The van der Waals surface area contributed by atoms with Crippen LogP contribution in [0.2, 0.25) is 0 Å². The molecule has 0 aromatic rings. The molecule has 0 aromatic carbocycles. The highest BCUT2D eigenvalue weighted by molar-refractivity contribution is 6.12. The molecule has 190 valence electrons. The number of imide groups is 1. The van der Waals surface area contributed by atoms with Gasteiger partial charge in [0.05, 0.1) is 85.8 Å². The molecule has 1 aliphatic rings. The van der Waals surface area contributed by atoms with Crippen LogP contribution in [0.15, 0.2) is 12.2 Å². The average Bonchev–Trinajstić information content (AvgIpc) is 3.12. The van der Waals surface area contributed by atoms with E-state index in [1.807, 2.05) is 6.92 Å². The summed E-state index contributed by atoms with van der Waals surface area (Å²) in [6.45, 7) is 7.52. The fraction of sp³-hybridized carbons (Fsp3) is 0.773. The lowest BCUT2D eigenvalue weighted by atomic mass is 10.3. The molecule has 0 radical (unpaired) electrons. The molecule has 0 spiro atoms. The van der Waals surface area contributed by atoms with Crippen LogP contribution in [0.5, 0.6) is 0 Å². The van der Waals surface area contributed by atoms with Crippen molar-refractivity contribution >= 4 is 17.8 Å². The SMILES string of the molecule is CCCC(=O)OCCOCCOCCOCCOCCOCCOCCN1C(=O)C=CC1=O. The van der Waals surface area contributed by atoms with Gasteiger partial charge in [-0.1, -0.05) is 6.92 Å². The summed E-state index contributed by atoms with van der Waals surface area (Å²) in [7, 11) is 0. The largest absolute Gasteiger partial charge is 0.463 e. The van der Waals surface area contributed by atoms with Crippen LogP contribution in [0.1, 0.15) is 19.8 Å².